The van der Waals surface area contributed by atoms with Crippen molar-refractivity contribution in [3.63, 3.8) is 0 Å². The second kappa shape index (κ2) is 8.30. The van der Waals surface area contributed by atoms with Gasteiger partial charge in [-0.1, -0.05) is 11.8 Å². The maximum atomic E-state index is 12.0. The number of anilines is 1. The van der Waals surface area contributed by atoms with E-state index in [0.29, 0.717) is 23.2 Å². The minimum atomic E-state index is -3.32. The number of hydrogen-bond donors (Lipinski definition) is 2. The van der Waals surface area contributed by atoms with Crippen molar-refractivity contribution in [2.45, 2.75) is 44.9 Å². The van der Waals surface area contributed by atoms with Crippen molar-refractivity contribution in [1.82, 2.24) is 20.1 Å². The molecule has 0 fully saturated rings. The van der Waals surface area contributed by atoms with Crippen LogP contribution in [0.1, 0.15) is 27.7 Å². The molecule has 0 aliphatic heterocycles. The fourth-order valence-corrected chi connectivity index (χ4v) is 3.75. The molecule has 0 saturated carbocycles. The second-order valence-electron chi connectivity index (χ2n) is 7.09. The molecule has 1 amide bonds. The van der Waals surface area contributed by atoms with E-state index in [1.165, 1.54) is 11.8 Å². The summed E-state index contributed by atoms with van der Waals surface area (Å²) >= 11 is 1.33. The number of amides is 1. The smallest absolute Gasteiger partial charge is 0.230 e. The largest absolute Gasteiger partial charge is 0.351 e. The number of nitrogens with zero attached hydrogens (tertiary/aromatic N) is 3. The van der Waals surface area contributed by atoms with Crippen LogP contribution in [0, 0.1) is 0 Å². The number of nitrogens with one attached hydrogen (secondary N) is 2. The number of thioether (sulfide) groups is 1. The lowest BCUT2D eigenvalue weighted by molar-refractivity contribution is -0.119. The summed E-state index contributed by atoms with van der Waals surface area (Å²) in [6, 6.07) is 6.91. The third-order valence-electron chi connectivity index (χ3n) is 3.33. The molecule has 1 aromatic carbocycles. The van der Waals surface area contributed by atoms with Gasteiger partial charge in [0.1, 0.15) is 0 Å². The normalized spacial score (nSPS) is 12.0. The van der Waals surface area contributed by atoms with E-state index in [-0.39, 0.29) is 17.2 Å². The van der Waals surface area contributed by atoms with E-state index in [1.54, 1.807) is 24.3 Å². The zero-order valence-corrected chi connectivity index (χ0v) is 17.7. The van der Waals surface area contributed by atoms with Crippen LogP contribution in [-0.2, 0) is 21.4 Å². The predicted molar refractivity (Wildman–Crippen MR) is 108 cm³/mol. The third-order valence-corrected chi connectivity index (χ3v) is 4.90. The van der Waals surface area contributed by atoms with E-state index in [2.05, 4.69) is 20.2 Å². The number of sulfonamides is 1. The van der Waals surface area contributed by atoms with E-state index in [0.717, 1.165) is 11.8 Å². The van der Waals surface area contributed by atoms with E-state index < -0.39 is 10.0 Å². The molecular formula is C17H25N5O3S2. The Balaban J connectivity index is 2.14. The number of carbonyl (C=O) groups is 1. The van der Waals surface area contributed by atoms with Crippen LogP contribution >= 0.6 is 11.8 Å². The lowest BCUT2D eigenvalue weighted by Gasteiger charge is -2.20. The molecule has 0 atom stereocenters. The highest BCUT2D eigenvalue weighted by atomic mass is 32.2. The van der Waals surface area contributed by atoms with E-state index in [9.17, 15) is 13.2 Å². The van der Waals surface area contributed by atoms with Gasteiger partial charge in [-0.3, -0.25) is 9.52 Å². The van der Waals surface area contributed by atoms with Crippen molar-refractivity contribution >= 4 is 33.4 Å². The minimum absolute atomic E-state index is 0.0593. The van der Waals surface area contributed by atoms with Crippen molar-refractivity contribution < 1.29 is 13.2 Å². The van der Waals surface area contributed by atoms with Gasteiger partial charge >= 0.3 is 0 Å². The van der Waals surface area contributed by atoms with Gasteiger partial charge in [0.15, 0.2) is 11.0 Å². The molecule has 0 radical (unpaired) electrons. The van der Waals surface area contributed by atoms with Gasteiger partial charge in [0.2, 0.25) is 15.9 Å². The van der Waals surface area contributed by atoms with Crippen LogP contribution in [0.25, 0.3) is 11.4 Å². The Morgan fingerprint density at radius 3 is 2.33 bits per heavy atom. The molecular weight excluding hydrogens is 386 g/mol. The molecule has 0 aliphatic rings. The molecule has 0 saturated heterocycles. The van der Waals surface area contributed by atoms with E-state index in [1.807, 2.05) is 32.3 Å². The zero-order valence-electron chi connectivity index (χ0n) is 16.1. The Hall–Kier alpha value is -2.07. The van der Waals surface area contributed by atoms with Gasteiger partial charge in [0, 0.05) is 23.3 Å². The zero-order chi connectivity index (χ0) is 20.2. The van der Waals surface area contributed by atoms with E-state index in [4.69, 9.17) is 0 Å². The summed E-state index contributed by atoms with van der Waals surface area (Å²) in [6.07, 6.45) is 1.11. The number of hydrogen-bond acceptors (Lipinski definition) is 6. The summed E-state index contributed by atoms with van der Waals surface area (Å²) in [6.45, 7) is 8.43. The first kappa shape index (κ1) is 21.2. The van der Waals surface area contributed by atoms with Crippen LogP contribution < -0.4 is 10.0 Å². The topological polar surface area (TPSA) is 106 Å². The standard InChI is InChI=1S/C17H25N5O3S2/c1-6-22-15(12-7-9-13(10-8-12)21-27(5,24)25)19-20-16(22)26-11-14(23)18-17(2,3)4/h7-10,21H,6,11H2,1-5H3,(H,18,23). The van der Waals surface area contributed by atoms with Crippen LogP contribution in [0.4, 0.5) is 5.69 Å². The van der Waals surface area contributed by atoms with Crippen molar-refractivity contribution in [3.05, 3.63) is 24.3 Å². The molecule has 0 bridgehead atoms. The summed E-state index contributed by atoms with van der Waals surface area (Å²) in [5.74, 6) is 0.866. The van der Waals surface area contributed by atoms with Gasteiger partial charge in [-0.15, -0.1) is 10.2 Å². The lowest BCUT2D eigenvalue weighted by atomic mass is 10.1. The summed E-state index contributed by atoms with van der Waals surface area (Å²) in [7, 11) is -3.32. The van der Waals surface area contributed by atoms with Gasteiger partial charge in [0.25, 0.3) is 0 Å². The molecule has 148 valence electrons. The second-order valence-corrected chi connectivity index (χ2v) is 9.78. The van der Waals surface area contributed by atoms with Crippen LogP contribution in [0.15, 0.2) is 29.4 Å². The van der Waals surface area contributed by atoms with Gasteiger partial charge < -0.3 is 9.88 Å². The predicted octanol–water partition coefficient (Wildman–Crippen LogP) is 2.34. The molecule has 2 rings (SSSR count). The average Bonchev–Trinajstić information content (AvgIpc) is 2.93. The highest BCUT2D eigenvalue weighted by Crippen LogP contribution is 2.25. The monoisotopic (exact) mass is 411 g/mol. The summed E-state index contributed by atoms with van der Waals surface area (Å²) in [5, 5.41) is 12.0. The SMILES string of the molecule is CCn1c(SCC(=O)NC(C)(C)C)nnc1-c1ccc(NS(C)(=O)=O)cc1. The van der Waals surface area contributed by atoms with Gasteiger partial charge in [-0.2, -0.15) is 0 Å². The highest BCUT2D eigenvalue weighted by Gasteiger charge is 2.17. The number of aromatic nitrogens is 3. The Bertz CT molecular complexity index is 900. The number of carbonyl (C=O) groups excluding carboxylic acids is 1. The first-order valence-corrected chi connectivity index (χ1v) is 11.3. The van der Waals surface area contributed by atoms with Crippen molar-refractivity contribution in [2.75, 3.05) is 16.7 Å². The van der Waals surface area contributed by atoms with E-state index >= 15 is 0 Å². The van der Waals surface area contributed by atoms with Gasteiger partial charge in [-0.25, -0.2) is 8.42 Å². The van der Waals surface area contributed by atoms with Crippen LogP contribution in [0.2, 0.25) is 0 Å². The van der Waals surface area contributed by atoms with Crippen LogP contribution in [-0.4, -0.2) is 46.6 Å². The third kappa shape index (κ3) is 6.55. The van der Waals surface area contributed by atoms with Crippen LogP contribution in [0.3, 0.4) is 0 Å². The molecule has 1 heterocycles. The van der Waals surface area contributed by atoms with Crippen molar-refractivity contribution in [2.24, 2.45) is 0 Å². The maximum Gasteiger partial charge on any atom is 0.230 e. The Morgan fingerprint density at radius 1 is 1.19 bits per heavy atom. The number of rotatable bonds is 7. The molecule has 27 heavy (non-hydrogen) atoms. The summed E-state index contributed by atoms with van der Waals surface area (Å²) in [4.78, 5) is 12.0. The minimum Gasteiger partial charge on any atom is -0.351 e. The average molecular weight is 412 g/mol. The van der Waals surface area contributed by atoms with Crippen LogP contribution in [0.5, 0.6) is 0 Å². The highest BCUT2D eigenvalue weighted by molar-refractivity contribution is 7.99. The molecule has 8 nitrogen and oxygen atoms in total. The van der Waals surface area contributed by atoms with Gasteiger partial charge in [-0.05, 0) is 52.0 Å². The molecule has 0 unspecified atom stereocenters. The molecule has 2 N–H and O–H groups in total. The Kier molecular flexibility index (Phi) is 6.53. The Morgan fingerprint density at radius 2 is 1.81 bits per heavy atom. The first-order valence-electron chi connectivity index (χ1n) is 8.44. The molecule has 0 aliphatic carbocycles. The first-order chi connectivity index (χ1) is 12.5. The maximum absolute atomic E-state index is 12.0. The van der Waals surface area contributed by atoms with Crippen molar-refractivity contribution in [3.8, 4) is 11.4 Å². The molecule has 1 aromatic heterocycles. The quantitative estimate of drug-likeness (QED) is 0.678. The lowest BCUT2D eigenvalue weighted by Crippen LogP contribution is -2.41. The molecule has 0 spiro atoms. The molecule has 10 heteroatoms. The molecule has 2 aromatic rings. The fourth-order valence-electron chi connectivity index (χ4n) is 2.38. The summed E-state index contributed by atoms with van der Waals surface area (Å²) in [5.41, 5.74) is 1.02. The Labute approximate surface area is 164 Å². The fraction of sp³-hybridized carbons (Fsp3) is 0.471. The van der Waals surface area contributed by atoms with Crippen molar-refractivity contribution in [1.29, 1.82) is 0 Å². The van der Waals surface area contributed by atoms with Gasteiger partial charge in [0.05, 0.1) is 12.0 Å². The summed E-state index contributed by atoms with van der Waals surface area (Å²) < 4.78 is 27.0. The number of benzene rings is 1.